The Labute approximate surface area is 61.9 Å². The number of rotatable bonds is 0. The average Bonchev–Trinajstić information content (AvgIpc) is 1.73. The molecule has 1 N–H and O–H groups in total. The van der Waals surface area contributed by atoms with Crippen molar-refractivity contribution in [3.05, 3.63) is 11.8 Å². The molecule has 1 radical (unpaired) electrons. The lowest BCUT2D eigenvalue weighted by atomic mass is 10.1. The van der Waals surface area contributed by atoms with Gasteiger partial charge in [0.05, 0.1) is 5.54 Å². The van der Waals surface area contributed by atoms with E-state index in [0.717, 1.165) is 0 Å². The zero-order valence-corrected chi connectivity index (χ0v) is 6.99. The fourth-order valence-corrected chi connectivity index (χ4v) is 1.41. The lowest BCUT2D eigenvalue weighted by molar-refractivity contribution is 0.221. The Hall–Kier alpha value is -0.500. The first-order valence-corrected chi connectivity index (χ1v) is 3.53. The molecule has 0 aliphatic carbocycles. The smallest absolute Gasteiger partial charge is 0.172 e. The summed E-state index contributed by atoms with van der Waals surface area (Å²) in [5.41, 5.74) is -0.482. The maximum Gasteiger partial charge on any atom is 0.172 e. The van der Waals surface area contributed by atoms with Crippen LogP contribution >= 0.6 is 0 Å². The second-order valence-corrected chi connectivity index (χ2v) is 3.98. The number of hydrogen-bond acceptors (Lipinski definition) is 1. The average molecular weight is 140 g/mol. The van der Waals surface area contributed by atoms with Gasteiger partial charge in [0.1, 0.15) is 0 Å². The maximum absolute atomic E-state index is 11.2. The Bertz CT molecular complexity index is 180. The molecule has 2 heteroatoms. The van der Waals surface area contributed by atoms with E-state index < -0.39 is 0 Å². The Morgan fingerprint density at radius 1 is 1.30 bits per heavy atom. The van der Waals surface area contributed by atoms with Gasteiger partial charge in [0.2, 0.25) is 0 Å². The topological polar surface area (TPSA) is 31.9 Å². The third-order valence-corrected chi connectivity index (χ3v) is 1.74. The van der Waals surface area contributed by atoms with Crippen LogP contribution in [0.3, 0.4) is 0 Å². The van der Waals surface area contributed by atoms with Gasteiger partial charge in [0, 0.05) is 5.54 Å². The Balaban J connectivity index is 2.89. The molecule has 0 amide bonds. The minimum atomic E-state index is -0.358. The largest absolute Gasteiger partial charge is 0.296 e. The molecule has 0 spiro atoms. The molecular weight excluding hydrogens is 126 g/mol. The molecule has 10 heavy (non-hydrogen) atoms. The van der Waals surface area contributed by atoms with E-state index in [9.17, 15) is 5.11 Å². The highest BCUT2D eigenvalue weighted by Crippen LogP contribution is 2.27. The monoisotopic (exact) mass is 140 g/mol. The van der Waals surface area contributed by atoms with E-state index in [4.69, 9.17) is 0 Å². The first-order chi connectivity index (χ1) is 4.33. The van der Waals surface area contributed by atoms with Crippen LogP contribution in [0.25, 0.3) is 0 Å². The zero-order chi connectivity index (χ0) is 7.99. The van der Waals surface area contributed by atoms with E-state index in [1.165, 1.54) is 0 Å². The second-order valence-electron chi connectivity index (χ2n) is 3.98. The van der Waals surface area contributed by atoms with Crippen LogP contribution in [0.2, 0.25) is 0 Å². The van der Waals surface area contributed by atoms with Gasteiger partial charge in [-0.25, -0.2) is 0 Å². The summed E-state index contributed by atoms with van der Waals surface area (Å²) in [5.74, 6) is 0.192. The van der Waals surface area contributed by atoms with Gasteiger partial charge in [-0.3, -0.25) is 10.4 Å². The molecule has 2 nitrogen and oxygen atoms in total. The molecule has 1 rings (SSSR count). The Morgan fingerprint density at radius 2 is 1.80 bits per heavy atom. The van der Waals surface area contributed by atoms with Crippen LogP contribution in [0, 0.1) is 0 Å². The van der Waals surface area contributed by atoms with Crippen molar-refractivity contribution in [2.75, 3.05) is 0 Å². The van der Waals surface area contributed by atoms with Gasteiger partial charge in [-0.1, -0.05) is 0 Å². The lowest BCUT2D eigenvalue weighted by Crippen LogP contribution is -2.45. The normalized spacial score (nSPS) is 28.2. The molecule has 1 heterocycles. The summed E-state index contributed by atoms with van der Waals surface area (Å²) < 4.78 is 0. The van der Waals surface area contributed by atoms with Crippen molar-refractivity contribution in [2.45, 2.75) is 38.8 Å². The highest BCUT2D eigenvalue weighted by molar-refractivity contribution is 5.24. The van der Waals surface area contributed by atoms with Gasteiger partial charge in [-0.15, -0.1) is 0 Å². The van der Waals surface area contributed by atoms with Crippen molar-refractivity contribution in [3.63, 3.8) is 0 Å². The summed E-state index contributed by atoms with van der Waals surface area (Å²) in [6, 6.07) is 0. The standard InChI is InChI=1S/C8H14NO/c1-7(2)5-6(10)8(3,4)9-7/h5,9H,1-4H3. The molecule has 0 aromatic rings. The molecule has 0 aromatic carbocycles. The van der Waals surface area contributed by atoms with Gasteiger partial charge in [-0.2, -0.15) is 0 Å². The first-order valence-electron chi connectivity index (χ1n) is 3.53. The summed E-state index contributed by atoms with van der Waals surface area (Å²) in [6.45, 7) is 7.81. The lowest BCUT2D eigenvalue weighted by Gasteiger charge is -2.24. The van der Waals surface area contributed by atoms with E-state index >= 15 is 0 Å². The summed E-state index contributed by atoms with van der Waals surface area (Å²) in [5, 5.41) is 14.4. The highest BCUT2D eigenvalue weighted by atomic mass is 16.3. The van der Waals surface area contributed by atoms with Gasteiger partial charge in [0.25, 0.3) is 0 Å². The van der Waals surface area contributed by atoms with Gasteiger partial charge in [-0.05, 0) is 33.8 Å². The third-order valence-electron chi connectivity index (χ3n) is 1.74. The molecule has 0 saturated carbocycles. The van der Waals surface area contributed by atoms with Crippen LogP contribution in [0.5, 0.6) is 0 Å². The summed E-state index contributed by atoms with van der Waals surface area (Å²) in [4.78, 5) is 0. The quantitative estimate of drug-likeness (QED) is 0.542. The molecule has 0 atom stereocenters. The first kappa shape index (κ1) is 7.61. The van der Waals surface area contributed by atoms with Gasteiger partial charge >= 0.3 is 0 Å². The van der Waals surface area contributed by atoms with Crippen LogP contribution in [0.4, 0.5) is 0 Å². The molecule has 57 valence electrons. The van der Waals surface area contributed by atoms with Crippen LogP contribution < -0.4 is 5.32 Å². The van der Waals surface area contributed by atoms with Crippen molar-refractivity contribution < 1.29 is 5.11 Å². The fraction of sp³-hybridized carbons (Fsp3) is 0.750. The van der Waals surface area contributed by atoms with Crippen molar-refractivity contribution in [1.29, 1.82) is 0 Å². The molecule has 0 aromatic heterocycles. The van der Waals surface area contributed by atoms with Gasteiger partial charge < -0.3 is 0 Å². The molecule has 1 aliphatic heterocycles. The number of hydrogen-bond donors (Lipinski definition) is 1. The van der Waals surface area contributed by atoms with Crippen LogP contribution in [-0.2, 0) is 5.11 Å². The van der Waals surface area contributed by atoms with Crippen LogP contribution in [-0.4, -0.2) is 11.1 Å². The molecule has 0 fully saturated rings. The van der Waals surface area contributed by atoms with Crippen LogP contribution in [0.1, 0.15) is 27.7 Å². The van der Waals surface area contributed by atoms with E-state index in [1.807, 2.05) is 27.7 Å². The minimum absolute atomic E-state index is 0.124. The van der Waals surface area contributed by atoms with Crippen LogP contribution in [0.15, 0.2) is 11.8 Å². The fourth-order valence-electron chi connectivity index (χ4n) is 1.41. The van der Waals surface area contributed by atoms with Crippen molar-refractivity contribution in [3.8, 4) is 0 Å². The predicted molar refractivity (Wildman–Crippen MR) is 40.1 cm³/mol. The predicted octanol–water partition coefficient (Wildman–Crippen LogP) is 1.46. The zero-order valence-electron chi connectivity index (χ0n) is 6.99. The number of nitrogens with one attached hydrogen (secondary N) is 1. The molecule has 0 bridgehead atoms. The summed E-state index contributed by atoms with van der Waals surface area (Å²) in [6.07, 6.45) is 1.74. The van der Waals surface area contributed by atoms with Crippen molar-refractivity contribution in [2.24, 2.45) is 0 Å². The SMILES string of the molecule is CC1(C)C=C([O])C(C)(C)N1. The summed E-state index contributed by atoms with van der Waals surface area (Å²) in [7, 11) is 0. The van der Waals surface area contributed by atoms with E-state index in [-0.39, 0.29) is 16.8 Å². The van der Waals surface area contributed by atoms with Crippen molar-refractivity contribution >= 4 is 0 Å². The van der Waals surface area contributed by atoms with Crippen molar-refractivity contribution in [1.82, 2.24) is 5.32 Å². The molecular formula is C8H14NO. The highest BCUT2D eigenvalue weighted by Gasteiger charge is 2.38. The van der Waals surface area contributed by atoms with E-state index in [1.54, 1.807) is 6.08 Å². The Morgan fingerprint density at radius 3 is 1.90 bits per heavy atom. The summed E-state index contributed by atoms with van der Waals surface area (Å²) >= 11 is 0. The Kier molecular flexibility index (Phi) is 1.34. The van der Waals surface area contributed by atoms with Gasteiger partial charge in [0.15, 0.2) is 5.76 Å². The van der Waals surface area contributed by atoms with E-state index in [2.05, 4.69) is 5.32 Å². The molecule has 0 unspecified atom stereocenters. The minimum Gasteiger partial charge on any atom is -0.296 e. The maximum atomic E-state index is 11.2. The molecule has 0 saturated heterocycles. The molecule has 1 aliphatic rings. The van der Waals surface area contributed by atoms with E-state index in [0.29, 0.717) is 0 Å². The third kappa shape index (κ3) is 1.16. The second kappa shape index (κ2) is 1.76.